The first-order valence-corrected chi connectivity index (χ1v) is 5.80. The summed E-state index contributed by atoms with van der Waals surface area (Å²) in [5.41, 5.74) is 0.659. The highest BCUT2D eigenvalue weighted by Gasteiger charge is 2.37. The van der Waals surface area contributed by atoms with Gasteiger partial charge in [0.2, 0.25) is 0 Å². The lowest BCUT2D eigenvalue weighted by Gasteiger charge is -2.15. The molecule has 3 rings (SSSR count). The third-order valence-electron chi connectivity index (χ3n) is 3.11. The first kappa shape index (κ1) is 12.5. The van der Waals surface area contributed by atoms with Gasteiger partial charge in [0, 0.05) is 24.9 Å². The highest BCUT2D eigenvalue weighted by atomic mass is 19.2. The number of aromatic nitrogens is 2. The van der Waals surface area contributed by atoms with Gasteiger partial charge in [0.1, 0.15) is 0 Å². The van der Waals surface area contributed by atoms with Crippen molar-refractivity contribution in [3.63, 3.8) is 0 Å². The molecule has 102 valence electrons. The largest absolute Gasteiger partial charge is 0.300 e. The minimum absolute atomic E-state index is 0.0798. The van der Waals surface area contributed by atoms with Crippen LogP contribution in [0.2, 0.25) is 0 Å². The lowest BCUT2D eigenvalue weighted by Crippen LogP contribution is -2.29. The van der Waals surface area contributed by atoms with Crippen molar-refractivity contribution in [2.45, 2.75) is 6.54 Å². The van der Waals surface area contributed by atoms with E-state index < -0.39 is 23.3 Å². The van der Waals surface area contributed by atoms with E-state index in [1.807, 2.05) is 0 Å². The van der Waals surface area contributed by atoms with Gasteiger partial charge in [-0.15, -0.1) is 0 Å². The lowest BCUT2D eigenvalue weighted by atomic mass is 10.1. The molecule has 1 aromatic carbocycles. The molecule has 5 nitrogen and oxygen atoms in total. The molecule has 0 atom stereocenters. The SMILES string of the molecule is Cn1cc(CN2C(=O)C(=O)c3cc(F)c(F)cc32)cn1. The van der Waals surface area contributed by atoms with Crippen LogP contribution >= 0.6 is 0 Å². The Morgan fingerprint density at radius 2 is 1.90 bits per heavy atom. The monoisotopic (exact) mass is 277 g/mol. The normalized spacial score (nSPS) is 14.1. The van der Waals surface area contributed by atoms with Gasteiger partial charge in [-0.3, -0.25) is 14.3 Å². The number of Topliss-reactive ketones (excluding diaryl/α,β-unsaturated/α-hetero) is 1. The van der Waals surface area contributed by atoms with Crippen LogP contribution in [-0.2, 0) is 18.4 Å². The van der Waals surface area contributed by atoms with E-state index in [0.717, 1.165) is 17.0 Å². The van der Waals surface area contributed by atoms with Gasteiger partial charge in [-0.05, 0) is 6.07 Å². The van der Waals surface area contributed by atoms with Crippen LogP contribution in [0.1, 0.15) is 15.9 Å². The summed E-state index contributed by atoms with van der Waals surface area (Å²) in [4.78, 5) is 24.8. The second kappa shape index (κ2) is 4.22. The summed E-state index contributed by atoms with van der Waals surface area (Å²) in [7, 11) is 1.71. The number of aryl methyl sites for hydroxylation is 1. The zero-order chi connectivity index (χ0) is 14.4. The van der Waals surface area contributed by atoms with Crippen molar-refractivity contribution in [2.24, 2.45) is 7.05 Å². The smallest absolute Gasteiger partial charge is 0.299 e. The van der Waals surface area contributed by atoms with E-state index in [-0.39, 0.29) is 17.8 Å². The number of carbonyl (C=O) groups is 2. The summed E-state index contributed by atoms with van der Waals surface area (Å²) in [5.74, 6) is -3.87. The Morgan fingerprint density at radius 1 is 1.20 bits per heavy atom. The maximum atomic E-state index is 13.3. The van der Waals surface area contributed by atoms with Crippen LogP contribution in [0.5, 0.6) is 0 Å². The molecule has 1 aliphatic heterocycles. The predicted molar refractivity (Wildman–Crippen MR) is 65.1 cm³/mol. The molecule has 1 aromatic heterocycles. The van der Waals surface area contributed by atoms with Crippen LogP contribution in [0.15, 0.2) is 24.5 Å². The Bertz CT molecular complexity index is 739. The number of rotatable bonds is 2. The molecule has 1 aliphatic rings. The van der Waals surface area contributed by atoms with Crippen LogP contribution in [0.3, 0.4) is 0 Å². The number of hydrogen-bond donors (Lipinski definition) is 0. The number of benzene rings is 1. The predicted octanol–water partition coefficient (Wildman–Crippen LogP) is 1.43. The molecule has 0 unspecified atom stereocenters. The quantitative estimate of drug-likeness (QED) is 0.780. The number of amides is 1. The molecule has 0 fully saturated rings. The number of halogens is 2. The van der Waals surface area contributed by atoms with Gasteiger partial charge in [-0.2, -0.15) is 5.10 Å². The highest BCUT2D eigenvalue weighted by Crippen LogP contribution is 2.32. The minimum atomic E-state index is -1.15. The van der Waals surface area contributed by atoms with Crippen molar-refractivity contribution < 1.29 is 18.4 Å². The standard InChI is InChI=1S/C13H9F2N3O2/c1-17-5-7(4-16-17)6-18-11-3-10(15)9(14)2-8(11)12(19)13(18)20/h2-5H,6H2,1H3. The zero-order valence-electron chi connectivity index (χ0n) is 10.4. The summed E-state index contributed by atoms with van der Waals surface area (Å²) in [6, 6.07) is 1.62. The maximum Gasteiger partial charge on any atom is 0.299 e. The number of hydrogen-bond acceptors (Lipinski definition) is 3. The van der Waals surface area contributed by atoms with E-state index in [2.05, 4.69) is 5.10 Å². The van der Waals surface area contributed by atoms with Crippen molar-refractivity contribution in [2.75, 3.05) is 4.90 Å². The number of carbonyl (C=O) groups excluding carboxylic acids is 2. The van der Waals surface area contributed by atoms with Crippen LogP contribution in [0.25, 0.3) is 0 Å². The van der Waals surface area contributed by atoms with Crippen molar-refractivity contribution >= 4 is 17.4 Å². The third-order valence-corrected chi connectivity index (χ3v) is 3.11. The second-order valence-corrected chi connectivity index (χ2v) is 4.53. The fourth-order valence-electron chi connectivity index (χ4n) is 2.18. The van der Waals surface area contributed by atoms with Gasteiger partial charge >= 0.3 is 0 Å². The molecule has 20 heavy (non-hydrogen) atoms. The Kier molecular flexibility index (Phi) is 2.63. The molecule has 0 spiro atoms. The average Bonchev–Trinajstić information content (AvgIpc) is 2.90. The molecule has 1 amide bonds. The molecule has 0 bridgehead atoms. The Labute approximate surface area is 112 Å². The van der Waals surface area contributed by atoms with Crippen molar-refractivity contribution in [1.82, 2.24) is 9.78 Å². The average molecular weight is 277 g/mol. The molecule has 7 heteroatoms. The highest BCUT2D eigenvalue weighted by molar-refractivity contribution is 6.52. The van der Waals surface area contributed by atoms with Gasteiger partial charge < -0.3 is 4.90 Å². The summed E-state index contributed by atoms with van der Waals surface area (Å²) in [5, 5.41) is 3.95. The van der Waals surface area contributed by atoms with E-state index in [0.29, 0.717) is 5.56 Å². The van der Waals surface area contributed by atoms with Crippen molar-refractivity contribution in [1.29, 1.82) is 0 Å². The molecular weight excluding hydrogens is 268 g/mol. The van der Waals surface area contributed by atoms with E-state index >= 15 is 0 Å². The lowest BCUT2D eigenvalue weighted by molar-refractivity contribution is -0.114. The van der Waals surface area contributed by atoms with Crippen LogP contribution < -0.4 is 4.90 Å². The summed E-state index contributed by atoms with van der Waals surface area (Å²) in [6.45, 7) is 0.0798. The van der Waals surface area contributed by atoms with Gasteiger partial charge in [0.05, 0.1) is 24.0 Å². The first-order chi connectivity index (χ1) is 9.47. The number of anilines is 1. The second-order valence-electron chi connectivity index (χ2n) is 4.53. The summed E-state index contributed by atoms with van der Waals surface area (Å²) >= 11 is 0. The zero-order valence-corrected chi connectivity index (χ0v) is 10.4. The van der Waals surface area contributed by atoms with Gasteiger partial charge in [-0.1, -0.05) is 0 Å². The fraction of sp³-hybridized carbons (Fsp3) is 0.154. The first-order valence-electron chi connectivity index (χ1n) is 5.80. The van der Waals surface area contributed by atoms with Gasteiger partial charge in [0.15, 0.2) is 11.6 Å². The molecule has 2 aromatic rings. The van der Waals surface area contributed by atoms with E-state index in [9.17, 15) is 18.4 Å². The van der Waals surface area contributed by atoms with E-state index in [4.69, 9.17) is 0 Å². The minimum Gasteiger partial charge on any atom is -0.300 e. The fourth-order valence-corrected chi connectivity index (χ4v) is 2.18. The molecule has 0 N–H and O–H groups in total. The van der Waals surface area contributed by atoms with Crippen molar-refractivity contribution in [3.05, 3.63) is 47.3 Å². The van der Waals surface area contributed by atoms with Crippen molar-refractivity contribution in [3.8, 4) is 0 Å². The number of fused-ring (bicyclic) bond motifs is 1. The van der Waals surface area contributed by atoms with Gasteiger partial charge in [-0.25, -0.2) is 8.78 Å². The topological polar surface area (TPSA) is 55.2 Å². The summed E-state index contributed by atoms with van der Waals surface area (Å²) < 4.78 is 28.0. The van der Waals surface area contributed by atoms with E-state index in [1.165, 1.54) is 6.20 Å². The van der Waals surface area contributed by atoms with Crippen LogP contribution in [0, 0.1) is 11.6 Å². The molecule has 0 saturated heterocycles. The van der Waals surface area contributed by atoms with Crippen LogP contribution in [-0.4, -0.2) is 21.5 Å². The van der Waals surface area contributed by atoms with E-state index in [1.54, 1.807) is 17.9 Å². The maximum absolute atomic E-state index is 13.3. The Hall–Kier alpha value is -2.57. The summed E-state index contributed by atoms with van der Waals surface area (Å²) in [6.07, 6.45) is 3.21. The molecule has 0 saturated carbocycles. The Balaban J connectivity index is 2.03. The number of ketones is 1. The Morgan fingerprint density at radius 3 is 2.55 bits per heavy atom. The molecule has 0 radical (unpaired) electrons. The molecular formula is C13H9F2N3O2. The molecule has 0 aliphatic carbocycles. The number of nitrogens with zero attached hydrogens (tertiary/aromatic N) is 3. The third kappa shape index (κ3) is 1.78. The van der Waals surface area contributed by atoms with Gasteiger partial charge in [0.25, 0.3) is 11.7 Å². The van der Waals surface area contributed by atoms with Crippen LogP contribution in [0.4, 0.5) is 14.5 Å². The molecule has 2 heterocycles.